The van der Waals surface area contributed by atoms with Gasteiger partial charge in [-0.05, 0) is 90.2 Å². The first kappa shape index (κ1) is 28.6. The largest absolute Gasteiger partial charge is 0.344 e. The van der Waals surface area contributed by atoms with Crippen LogP contribution in [0.1, 0.15) is 52.7 Å². The molecule has 0 saturated heterocycles. The molecule has 2 heterocycles. The highest BCUT2D eigenvalue weighted by molar-refractivity contribution is 6.33. The first-order valence-electron chi connectivity index (χ1n) is 15.8. The monoisotopic (exact) mass is 595 g/mol. The van der Waals surface area contributed by atoms with E-state index < -0.39 is 0 Å². The van der Waals surface area contributed by atoms with Gasteiger partial charge in [-0.1, -0.05) is 98.3 Å². The molecule has 2 aliphatic heterocycles. The number of benzene rings is 4. The highest BCUT2D eigenvalue weighted by atomic mass is 35.5. The lowest BCUT2D eigenvalue weighted by Gasteiger charge is -2.26. The molecule has 0 aromatic heterocycles. The van der Waals surface area contributed by atoms with Gasteiger partial charge in [0.2, 0.25) is 5.69 Å². The molecule has 3 heteroatoms. The summed E-state index contributed by atoms with van der Waals surface area (Å²) in [5.74, 6) is 0. The van der Waals surface area contributed by atoms with Crippen molar-refractivity contribution in [2.24, 2.45) is 0 Å². The van der Waals surface area contributed by atoms with E-state index in [2.05, 4.69) is 160 Å². The number of nitrogens with zero attached hydrogens (tertiary/aromatic N) is 2. The molecule has 4 aromatic rings. The first-order valence-corrected chi connectivity index (χ1v) is 16.2. The Hall–Kier alpha value is -4.14. The van der Waals surface area contributed by atoms with Crippen molar-refractivity contribution in [2.75, 3.05) is 18.0 Å². The molecular weight excluding hydrogens is 556 g/mol. The van der Waals surface area contributed by atoms with Crippen molar-refractivity contribution in [3.05, 3.63) is 142 Å². The van der Waals surface area contributed by atoms with E-state index in [1.807, 2.05) is 0 Å². The van der Waals surface area contributed by atoms with Crippen LogP contribution in [-0.4, -0.2) is 23.4 Å². The van der Waals surface area contributed by atoms with Crippen LogP contribution in [0.5, 0.6) is 0 Å². The van der Waals surface area contributed by atoms with E-state index in [1.54, 1.807) is 0 Å². The highest BCUT2D eigenvalue weighted by Gasteiger charge is 2.45. The summed E-state index contributed by atoms with van der Waals surface area (Å²) >= 11 is 7.06. The molecule has 0 bridgehead atoms. The van der Waals surface area contributed by atoms with Crippen LogP contribution in [0.25, 0.3) is 21.5 Å². The number of likely N-dealkylation sites (N-methyl/N-ethyl adjacent to an activating group) is 1. The van der Waals surface area contributed by atoms with E-state index in [1.165, 1.54) is 55.5 Å². The van der Waals surface area contributed by atoms with Gasteiger partial charge >= 0.3 is 0 Å². The molecule has 0 atom stereocenters. The van der Waals surface area contributed by atoms with Crippen LogP contribution in [0.4, 0.5) is 11.4 Å². The van der Waals surface area contributed by atoms with Gasteiger partial charge < -0.3 is 4.90 Å². The van der Waals surface area contributed by atoms with Crippen molar-refractivity contribution in [3.8, 4) is 0 Å². The zero-order valence-corrected chi connectivity index (χ0v) is 27.3. The van der Waals surface area contributed by atoms with Gasteiger partial charge in [-0.2, -0.15) is 4.58 Å². The number of halogens is 1. The van der Waals surface area contributed by atoms with E-state index in [4.69, 9.17) is 11.6 Å². The predicted molar refractivity (Wildman–Crippen MR) is 190 cm³/mol. The zero-order chi connectivity index (χ0) is 30.8. The molecule has 0 N–H and O–H groups in total. The third-order valence-electron chi connectivity index (χ3n) is 9.93. The van der Waals surface area contributed by atoms with E-state index in [0.717, 1.165) is 29.3 Å². The average Bonchev–Trinajstić information content (AvgIpc) is 3.57. The standard InChI is InChI=1S/C41H40ClN2/c1-7-43-33-23-19-27-13-9-11-15-31(27)37(33)40(3,4)35(43)25-21-29-17-18-30(39(29)42)22-26-36-41(5,6)38-32-16-12-10-14-28(32)20-24-34(38)44(36)8-2/h9-26H,7-8H2,1-6H3/q+1. The number of fused-ring (bicyclic) bond motifs is 6. The quantitative estimate of drug-likeness (QED) is 0.208. The second-order valence-electron chi connectivity index (χ2n) is 13.1. The number of rotatable bonds is 5. The predicted octanol–water partition coefficient (Wildman–Crippen LogP) is 10.6. The van der Waals surface area contributed by atoms with Crippen LogP contribution < -0.4 is 4.90 Å². The van der Waals surface area contributed by atoms with Crippen LogP contribution in [0.15, 0.2) is 131 Å². The molecule has 1 aliphatic carbocycles. The lowest BCUT2D eigenvalue weighted by Crippen LogP contribution is -2.27. The maximum atomic E-state index is 7.06. The van der Waals surface area contributed by atoms with E-state index in [-0.39, 0.29) is 10.8 Å². The molecule has 220 valence electrons. The van der Waals surface area contributed by atoms with Crippen LogP contribution in [0.2, 0.25) is 0 Å². The zero-order valence-electron chi connectivity index (χ0n) is 26.6. The Morgan fingerprint density at radius 3 is 2.07 bits per heavy atom. The van der Waals surface area contributed by atoms with Gasteiger partial charge in [0.1, 0.15) is 6.54 Å². The molecule has 0 amide bonds. The average molecular weight is 596 g/mol. The van der Waals surface area contributed by atoms with Crippen LogP contribution in [0, 0.1) is 0 Å². The Bertz CT molecular complexity index is 2040. The number of hydrogen-bond donors (Lipinski definition) is 0. The summed E-state index contributed by atoms with van der Waals surface area (Å²) in [7, 11) is 0. The molecule has 2 nitrogen and oxygen atoms in total. The minimum absolute atomic E-state index is 0.127. The Kier molecular flexibility index (Phi) is 6.83. The smallest absolute Gasteiger partial charge is 0.210 e. The van der Waals surface area contributed by atoms with Gasteiger partial charge in [0, 0.05) is 41.1 Å². The fraction of sp³-hybridized carbons (Fsp3) is 0.244. The van der Waals surface area contributed by atoms with E-state index >= 15 is 0 Å². The molecule has 3 aliphatic rings. The van der Waals surface area contributed by atoms with Crippen molar-refractivity contribution >= 4 is 50.2 Å². The minimum Gasteiger partial charge on any atom is -0.344 e. The normalized spacial score (nSPS) is 20.4. The fourth-order valence-corrected chi connectivity index (χ4v) is 8.09. The van der Waals surface area contributed by atoms with Gasteiger partial charge in [-0.25, -0.2) is 0 Å². The SMILES string of the molecule is CCN1/C(=C/C=C2\C=CC(/C=C/C3=[N+](CC)c4ccc5ccccc5c4C3(C)C)=C2Cl)C(C)(C)c2c1ccc1ccccc21. The molecule has 0 unspecified atom stereocenters. The Morgan fingerprint density at radius 1 is 0.727 bits per heavy atom. The summed E-state index contributed by atoms with van der Waals surface area (Å²) in [5.41, 5.74) is 9.85. The summed E-state index contributed by atoms with van der Waals surface area (Å²) in [4.78, 5) is 2.45. The highest BCUT2D eigenvalue weighted by Crippen LogP contribution is 2.51. The first-order chi connectivity index (χ1) is 21.2. The molecule has 0 fully saturated rings. The van der Waals surface area contributed by atoms with Crippen molar-refractivity contribution < 1.29 is 4.58 Å². The summed E-state index contributed by atoms with van der Waals surface area (Å²) in [5, 5.41) is 6.04. The number of anilines is 1. The number of allylic oxidation sites excluding steroid dienone is 10. The van der Waals surface area contributed by atoms with Gasteiger partial charge in [-0.3, -0.25) is 0 Å². The molecule has 4 aromatic carbocycles. The van der Waals surface area contributed by atoms with Gasteiger partial charge in [-0.15, -0.1) is 0 Å². The minimum atomic E-state index is -0.127. The number of hydrogen-bond acceptors (Lipinski definition) is 1. The molecular formula is C41H40ClN2+. The molecule has 0 spiro atoms. The summed E-state index contributed by atoms with van der Waals surface area (Å²) < 4.78 is 2.45. The molecule has 7 rings (SSSR count). The fourth-order valence-electron chi connectivity index (χ4n) is 7.84. The van der Waals surface area contributed by atoms with Crippen molar-refractivity contribution in [1.29, 1.82) is 0 Å². The maximum Gasteiger partial charge on any atom is 0.210 e. The van der Waals surface area contributed by atoms with Crippen LogP contribution in [-0.2, 0) is 10.8 Å². The lowest BCUT2D eigenvalue weighted by atomic mass is 9.79. The summed E-state index contributed by atoms with van der Waals surface area (Å²) in [6.07, 6.45) is 13.2. The van der Waals surface area contributed by atoms with Crippen LogP contribution >= 0.6 is 11.6 Å². The van der Waals surface area contributed by atoms with Gasteiger partial charge in [0.05, 0.1) is 10.4 Å². The molecule has 44 heavy (non-hydrogen) atoms. The van der Waals surface area contributed by atoms with Crippen molar-refractivity contribution in [3.63, 3.8) is 0 Å². The lowest BCUT2D eigenvalue weighted by molar-refractivity contribution is -0.433. The third kappa shape index (κ3) is 4.19. The second-order valence-corrected chi connectivity index (χ2v) is 13.5. The Balaban J connectivity index is 1.23. The van der Waals surface area contributed by atoms with Gasteiger partial charge in [0.15, 0.2) is 5.71 Å². The van der Waals surface area contributed by atoms with Crippen LogP contribution in [0.3, 0.4) is 0 Å². The summed E-state index contributed by atoms with van der Waals surface area (Å²) in [6.45, 7) is 15.7. The molecule has 0 saturated carbocycles. The topological polar surface area (TPSA) is 6.25 Å². The van der Waals surface area contributed by atoms with Crippen molar-refractivity contribution in [1.82, 2.24) is 0 Å². The Labute approximate surface area is 266 Å². The van der Waals surface area contributed by atoms with Crippen molar-refractivity contribution in [2.45, 2.75) is 52.4 Å². The maximum absolute atomic E-state index is 7.06. The third-order valence-corrected chi connectivity index (χ3v) is 10.4. The summed E-state index contributed by atoms with van der Waals surface area (Å²) in [6, 6.07) is 26.5. The molecule has 0 radical (unpaired) electrons. The van der Waals surface area contributed by atoms with E-state index in [0.29, 0.717) is 0 Å². The van der Waals surface area contributed by atoms with Gasteiger partial charge in [0.25, 0.3) is 0 Å². The second kappa shape index (κ2) is 10.5. The Morgan fingerprint density at radius 2 is 1.39 bits per heavy atom. The van der Waals surface area contributed by atoms with E-state index in [9.17, 15) is 0 Å².